The fraction of sp³-hybridized carbons (Fsp3) is 0.423. The minimum atomic E-state index is -0.660. The van der Waals surface area contributed by atoms with Gasteiger partial charge in [-0.05, 0) is 55.7 Å². The van der Waals surface area contributed by atoms with Crippen LogP contribution in [0.1, 0.15) is 96.1 Å². The number of nitrogens with zero attached hydrogens (tertiary/aromatic N) is 2. The monoisotopic (exact) mass is 448 g/mol. The van der Waals surface area contributed by atoms with Crippen LogP contribution in [0.25, 0.3) is 0 Å². The number of H-pyrrole nitrogens is 2. The van der Waals surface area contributed by atoms with Crippen molar-refractivity contribution in [2.24, 2.45) is 0 Å². The van der Waals surface area contributed by atoms with Crippen LogP contribution in [0.5, 0.6) is 0 Å². The van der Waals surface area contributed by atoms with Gasteiger partial charge in [0.15, 0.2) is 5.78 Å². The molecule has 0 fully saturated rings. The highest BCUT2D eigenvalue weighted by Crippen LogP contribution is 2.29. The number of aromatic nitrogens is 4. The molecule has 174 valence electrons. The molecule has 2 aromatic heterocycles. The van der Waals surface area contributed by atoms with E-state index >= 15 is 0 Å². The standard InChI is InChI=1S/C26H32N4O3/c1-3-7-21(9-6-4-5-8-19-10-12-20(13-11-19)18(2)31)24-22(14-15-27-24)16-23(32)25(33)26-28-17-29-30-26/h10-15,17,21,27H,3-9,16H2,1-2H3,(H,28,29,30). The Morgan fingerprint density at radius 2 is 1.79 bits per heavy atom. The third-order valence-corrected chi connectivity index (χ3v) is 6.02. The van der Waals surface area contributed by atoms with Gasteiger partial charge in [-0.15, -0.1) is 5.10 Å². The summed E-state index contributed by atoms with van der Waals surface area (Å²) in [6.45, 7) is 3.75. The fourth-order valence-corrected chi connectivity index (χ4v) is 4.23. The van der Waals surface area contributed by atoms with Crippen molar-refractivity contribution in [1.82, 2.24) is 20.2 Å². The van der Waals surface area contributed by atoms with Gasteiger partial charge < -0.3 is 4.98 Å². The summed E-state index contributed by atoms with van der Waals surface area (Å²) in [5.74, 6) is -0.816. The number of Topliss-reactive ketones (excluding diaryl/α,β-unsaturated/α-hetero) is 3. The lowest BCUT2D eigenvalue weighted by molar-refractivity contribution is -0.114. The molecule has 0 aliphatic heterocycles. The summed E-state index contributed by atoms with van der Waals surface area (Å²) in [6.07, 6.45) is 10.6. The maximum absolute atomic E-state index is 12.5. The lowest BCUT2D eigenvalue weighted by atomic mass is 9.89. The third kappa shape index (κ3) is 6.81. The molecule has 0 saturated carbocycles. The lowest BCUT2D eigenvalue weighted by Crippen LogP contribution is -2.19. The van der Waals surface area contributed by atoms with Crippen molar-refractivity contribution in [3.8, 4) is 0 Å². The van der Waals surface area contributed by atoms with Gasteiger partial charge in [0.25, 0.3) is 5.78 Å². The smallest absolute Gasteiger partial charge is 0.267 e. The molecule has 1 unspecified atom stereocenters. The Morgan fingerprint density at radius 3 is 2.45 bits per heavy atom. The van der Waals surface area contributed by atoms with E-state index in [0.717, 1.165) is 61.8 Å². The molecule has 3 aromatic rings. The van der Waals surface area contributed by atoms with Gasteiger partial charge in [0.1, 0.15) is 6.33 Å². The molecule has 0 aliphatic carbocycles. The second kappa shape index (κ2) is 12.0. The molecule has 3 rings (SSSR count). The average molecular weight is 449 g/mol. The van der Waals surface area contributed by atoms with Gasteiger partial charge in [0.05, 0.1) is 0 Å². The molecule has 0 spiro atoms. The minimum Gasteiger partial charge on any atom is -0.365 e. The van der Waals surface area contributed by atoms with Crippen molar-refractivity contribution in [2.45, 2.75) is 71.1 Å². The maximum Gasteiger partial charge on any atom is 0.267 e. The number of aryl methyl sites for hydroxylation is 1. The topological polar surface area (TPSA) is 109 Å². The Labute approximate surface area is 194 Å². The van der Waals surface area contributed by atoms with E-state index in [2.05, 4.69) is 27.1 Å². The van der Waals surface area contributed by atoms with Crippen molar-refractivity contribution >= 4 is 17.3 Å². The summed E-state index contributed by atoms with van der Waals surface area (Å²) in [7, 11) is 0. The molecule has 0 bridgehead atoms. The Kier molecular flexibility index (Phi) is 8.87. The van der Waals surface area contributed by atoms with Crippen LogP contribution in [0.15, 0.2) is 42.9 Å². The van der Waals surface area contributed by atoms with Crippen LogP contribution in [0.4, 0.5) is 0 Å². The highest BCUT2D eigenvalue weighted by atomic mass is 16.2. The Morgan fingerprint density at radius 1 is 1.00 bits per heavy atom. The number of rotatable bonds is 14. The van der Waals surface area contributed by atoms with E-state index in [0.29, 0.717) is 5.92 Å². The van der Waals surface area contributed by atoms with Gasteiger partial charge in [-0.2, -0.15) is 0 Å². The number of nitrogens with one attached hydrogen (secondary N) is 2. The van der Waals surface area contributed by atoms with Crippen LogP contribution in [-0.4, -0.2) is 37.5 Å². The molecule has 0 saturated heterocycles. The first-order valence-corrected chi connectivity index (χ1v) is 11.7. The molecule has 0 radical (unpaired) electrons. The zero-order valence-electron chi connectivity index (χ0n) is 19.4. The van der Waals surface area contributed by atoms with Crippen LogP contribution in [0.2, 0.25) is 0 Å². The summed E-state index contributed by atoms with van der Waals surface area (Å²) in [5.41, 5.74) is 3.95. The van der Waals surface area contributed by atoms with Gasteiger partial charge in [0, 0.05) is 23.9 Å². The maximum atomic E-state index is 12.5. The molecule has 1 atom stereocenters. The van der Waals surface area contributed by atoms with E-state index in [1.165, 1.54) is 11.9 Å². The van der Waals surface area contributed by atoms with Crippen molar-refractivity contribution in [3.63, 3.8) is 0 Å². The summed E-state index contributed by atoms with van der Waals surface area (Å²) in [6, 6.07) is 9.77. The number of benzene rings is 1. The Bertz CT molecular complexity index is 1050. The SMILES string of the molecule is CCCC(CCCCCc1ccc(C(C)=O)cc1)c1[nH]ccc1CC(=O)C(=O)c1nc[nH]n1. The summed E-state index contributed by atoms with van der Waals surface area (Å²) in [4.78, 5) is 43.2. The van der Waals surface area contributed by atoms with Crippen molar-refractivity contribution in [1.29, 1.82) is 0 Å². The molecule has 0 amide bonds. The molecule has 7 heteroatoms. The second-order valence-electron chi connectivity index (χ2n) is 8.51. The van der Waals surface area contributed by atoms with Gasteiger partial charge in [-0.1, -0.05) is 50.5 Å². The molecule has 33 heavy (non-hydrogen) atoms. The van der Waals surface area contributed by atoms with Crippen molar-refractivity contribution < 1.29 is 14.4 Å². The fourth-order valence-electron chi connectivity index (χ4n) is 4.23. The van der Waals surface area contributed by atoms with E-state index in [9.17, 15) is 14.4 Å². The van der Waals surface area contributed by atoms with Crippen LogP contribution < -0.4 is 0 Å². The van der Waals surface area contributed by atoms with Crippen LogP contribution in [0, 0.1) is 0 Å². The predicted octanol–water partition coefficient (Wildman–Crippen LogP) is 5.02. The summed E-state index contributed by atoms with van der Waals surface area (Å²) >= 11 is 0. The Hall–Kier alpha value is -3.35. The Balaban J connectivity index is 1.51. The van der Waals surface area contributed by atoms with E-state index in [4.69, 9.17) is 0 Å². The van der Waals surface area contributed by atoms with E-state index in [1.54, 1.807) is 6.92 Å². The zero-order valence-corrected chi connectivity index (χ0v) is 19.4. The zero-order chi connectivity index (χ0) is 23.6. The third-order valence-electron chi connectivity index (χ3n) is 6.02. The second-order valence-corrected chi connectivity index (χ2v) is 8.51. The van der Waals surface area contributed by atoms with Gasteiger partial charge in [-0.25, -0.2) is 4.98 Å². The minimum absolute atomic E-state index is 0.0582. The number of unbranched alkanes of at least 4 members (excludes halogenated alkanes) is 2. The van der Waals surface area contributed by atoms with Gasteiger partial charge >= 0.3 is 0 Å². The highest BCUT2D eigenvalue weighted by molar-refractivity contribution is 6.43. The molecule has 2 heterocycles. The first-order valence-electron chi connectivity index (χ1n) is 11.7. The van der Waals surface area contributed by atoms with Gasteiger partial charge in [0.2, 0.25) is 11.6 Å². The molecular formula is C26H32N4O3. The number of hydrogen-bond donors (Lipinski definition) is 2. The van der Waals surface area contributed by atoms with Crippen LogP contribution in [0.3, 0.4) is 0 Å². The van der Waals surface area contributed by atoms with Crippen molar-refractivity contribution in [2.75, 3.05) is 0 Å². The molecule has 7 nitrogen and oxygen atoms in total. The number of hydrogen-bond acceptors (Lipinski definition) is 5. The van der Waals surface area contributed by atoms with E-state index < -0.39 is 11.6 Å². The number of ketones is 3. The molecule has 0 aliphatic rings. The first-order chi connectivity index (χ1) is 16.0. The van der Waals surface area contributed by atoms with Crippen LogP contribution >= 0.6 is 0 Å². The molecule has 2 N–H and O–H groups in total. The first kappa shape index (κ1) is 24.3. The largest absolute Gasteiger partial charge is 0.365 e. The highest BCUT2D eigenvalue weighted by Gasteiger charge is 2.23. The average Bonchev–Trinajstić information content (AvgIpc) is 3.50. The normalized spacial score (nSPS) is 11.9. The molecular weight excluding hydrogens is 416 g/mol. The number of carbonyl (C=O) groups excluding carboxylic acids is 3. The van der Waals surface area contributed by atoms with Crippen LogP contribution in [-0.2, 0) is 17.6 Å². The lowest BCUT2D eigenvalue weighted by Gasteiger charge is -2.17. The van der Waals surface area contributed by atoms with E-state index in [1.807, 2.05) is 36.5 Å². The van der Waals surface area contributed by atoms with Crippen molar-refractivity contribution in [3.05, 3.63) is 71.1 Å². The quantitative estimate of drug-likeness (QED) is 0.205. The molecule has 1 aromatic carbocycles. The summed E-state index contributed by atoms with van der Waals surface area (Å²) < 4.78 is 0. The number of carbonyl (C=O) groups is 3. The predicted molar refractivity (Wildman–Crippen MR) is 126 cm³/mol. The van der Waals surface area contributed by atoms with E-state index in [-0.39, 0.29) is 18.0 Å². The number of aromatic amines is 2. The summed E-state index contributed by atoms with van der Waals surface area (Å²) in [5, 5.41) is 6.18. The van der Waals surface area contributed by atoms with Gasteiger partial charge in [-0.3, -0.25) is 19.5 Å².